The molecule has 1 aliphatic rings. The molecule has 0 N–H and O–H groups in total. The maximum Gasteiger partial charge on any atom is 0.107 e. The van der Waals surface area contributed by atoms with Crippen molar-refractivity contribution in [1.29, 1.82) is 0 Å². The highest BCUT2D eigenvalue weighted by atomic mass is 16.3. The lowest BCUT2D eigenvalue weighted by atomic mass is 9.99. The maximum atomic E-state index is 6.23. The van der Waals surface area contributed by atoms with Gasteiger partial charge in [-0.3, -0.25) is 0 Å². The van der Waals surface area contributed by atoms with Crippen molar-refractivity contribution in [2.45, 2.75) is 77.0 Å². The molecule has 0 saturated carbocycles. The third-order valence-electron chi connectivity index (χ3n) is 5.05. The second kappa shape index (κ2) is 8.96. The monoisotopic (exact) mass is 310 g/mol. The van der Waals surface area contributed by atoms with Gasteiger partial charge in [0, 0.05) is 12.8 Å². The minimum Gasteiger partial charge on any atom is -0.466 e. The van der Waals surface area contributed by atoms with Crippen LogP contribution in [0.4, 0.5) is 0 Å². The third kappa shape index (κ3) is 5.27. The number of benzene rings is 1. The molecule has 0 atom stereocenters. The Labute approximate surface area is 141 Å². The first-order chi connectivity index (χ1) is 11.4. The fraction of sp³-hybridized carbons (Fsp3) is 0.545. The molecule has 0 fully saturated rings. The molecule has 0 aliphatic heterocycles. The van der Waals surface area contributed by atoms with E-state index in [0.29, 0.717) is 0 Å². The van der Waals surface area contributed by atoms with Crippen LogP contribution in [-0.4, -0.2) is 0 Å². The number of fused-ring (bicyclic) bond motifs is 1. The quantitative estimate of drug-likeness (QED) is 0.650. The fourth-order valence-electron chi connectivity index (χ4n) is 3.65. The van der Waals surface area contributed by atoms with E-state index in [1.807, 2.05) is 0 Å². The van der Waals surface area contributed by atoms with E-state index in [1.54, 1.807) is 0 Å². The molecule has 1 aromatic carbocycles. The van der Waals surface area contributed by atoms with Crippen molar-refractivity contribution in [2.75, 3.05) is 0 Å². The second-order valence-electron chi connectivity index (χ2n) is 6.98. The molecule has 0 amide bonds. The molecular weight excluding hydrogens is 280 g/mol. The van der Waals surface area contributed by atoms with Gasteiger partial charge in [0.2, 0.25) is 0 Å². The highest BCUT2D eigenvalue weighted by Crippen LogP contribution is 2.23. The summed E-state index contributed by atoms with van der Waals surface area (Å²) in [6.45, 7) is 0. The highest BCUT2D eigenvalue weighted by Gasteiger charge is 2.11. The molecule has 0 spiro atoms. The van der Waals surface area contributed by atoms with Crippen molar-refractivity contribution in [3.05, 3.63) is 59.0 Å². The Morgan fingerprint density at radius 2 is 1.35 bits per heavy atom. The summed E-state index contributed by atoms with van der Waals surface area (Å²) in [7, 11) is 0. The van der Waals surface area contributed by atoms with Gasteiger partial charge in [-0.1, -0.05) is 68.9 Å². The zero-order valence-corrected chi connectivity index (χ0v) is 14.4. The number of rotatable bonds is 3. The van der Waals surface area contributed by atoms with Crippen LogP contribution in [0.5, 0.6) is 0 Å². The molecule has 1 aromatic heterocycles. The molecule has 1 heteroatoms. The molecule has 3 rings (SSSR count). The molecule has 2 aromatic rings. The van der Waals surface area contributed by atoms with Crippen LogP contribution in [0.15, 0.2) is 40.8 Å². The van der Waals surface area contributed by atoms with Crippen molar-refractivity contribution < 1.29 is 4.42 Å². The molecule has 124 valence electrons. The van der Waals surface area contributed by atoms with Crippen LogP contribution in [0.25, 0.3) is 0 Å². The summed E-state index contributed by atoms with van der Waals surface area (Å²) < 4.78 is 6.23. The Kier molecular flexibility index (Phi) is 6.37. The molecule has 0 radical (unpaired) electrons. The van der Waals surface area contributed by atoms with Gasteiger partial charge in [-0.25, -0.2) is 0 Å². The highest BCUT2D eigenvalue weighted by molar-refractivity contribution is 5.24. The molecule has 23 heavy (non-hydrogen) atoms. The van der Waals surface area contributed by atoms with Gasteiger partial charge in [-0.2, -0.15) is 0 Å². The minimum absolute atomic E-state index is 1.02. The van der Waals surface area contributed by atoms with Gasteiger partial charge in [0.05, 0.1) is 0 Å². The number of hydrogen-bond acceptors (Lipinski definition) is 1. The van der Waals surface area contributed by atoms with Gasteiger partial charge in [-0.05, 0) is 42.9 Å². The Balaban J connectivity index is 1.62. The zero-order chi connectivity index (χ0) is 15.7. The van der Waals surface area contributed by atoms with Gasteiger partial charge >= 0.3 is 0 Å². The van der Waals surface area contributed by atoms with Crippen LogP contribution in [0.3, 0.4) is 0 Å². The summed E-state index contributed by atoms with van der Waals surface area (Å²) in [4.78, 5) is 0. The first kappa shape index (κ1) is 16.4. The summed E-state index contributed by atoms with van der Waals surface area (Å²) in [6.07, 6.45) is 15.5. The van der Waals surface area contributed by atoms with Gasteiger partial charge < -0.3 is 4.42 Å². The normalized spacial score (nSPS) is 17.0. The largest absolute Gasteiger partial charge is 0.466 e. The van der Waals surface area contributed by atoms with Gasteiger partial charge in [0.15, 0.2) is 0 Å². The van der Waals surface area contributed by atoms with Crippen LogP contribution < -0.4 is 0 Å². The average molecular weight is 310 g/mol. The molecule has 1 nitrogen and oxygen atoms in total. The van der Waals surface area contributed by atoms with Crippen molar-refractivity contribution in [3.63, 3.8) is 0 Å². The summed E-state index contributed by atoms with van der Waals surface area (Å²) in [5.41, 5.74) is 2.89. The van der Waals surface area contributed by atoms with Crippen molar-refractivity contribution in [2.24, 2.45) is 0 Å². The average Bonchev–Trinajstić information content (AvgIpc) is 2.96. The lowest BCUT2D eigenvalue weighted by Gasteiger charge is -2.06. The predicted octanol–water partition coefficient (Wildman–Crippen LogP) is 6.28. The van der Waals surface area contributed by atoms with Gasteiger partial charge in [0.25, 0.3) is 0 Å². The number of aryl methyl sites for hydroxylation is 4. The Bertz CT molecular complexity index is 537. The minimum atomic E-state index is 1.02. The summed E-state index contributed by atoms with van der Waals surface area (Å²) in [6, 6.07) is 13.1. The van der Waals surface area contributed by atoms with E-state index in [4.69, 9.17) is 4.42 Å². The summed E-state index contributed by atoms with van der Waals surface area (Å²) in [5.74, 6) is 2.47. The Morgan fingerprint density at radius 1 is 0.696 bits per heavy atom. The van der Waals surface area contributed by atoms with Crippen LogP contribution in [0.1, 0.15) is 74.0 Å². The number of furan rings is 1. The van der Waals surface area contributed by atoms with Crippen LogP contribution >= 0.6 is 0 Å². The fourth-order valence-corrected chi connectivity index (χ4v) is 3.65. The topological polar surface area (TPSA) is 13.1 Å². The van der Waals surface area contributed by atoms with Crippen molar-refractivity contribution >= 4 is 0 Å². The SMILES string of the molecule is c1ccc(CCc2cc3c(o2)CCCCCCCCCC3)cc1. The maximum absolute atomic E-state index is 6.23. The third-order valence-corrected chi connectivity index (χ3v) is 5.05. The van der Waals surface area contributed by atoms with Crippen LogP contribution in [0, 0.1) is 0 Å². The lowest BCUT2D eigenvalue weighted by molar-refractivity contribution is 0.447. The lowest BCUT2D eigenvalue weighted by Crippen LogP contribution is -1.93. The predicted molar refractivity (Wildman–Crippen MR) is 96.9 cm³/mol. The van der Waals surface area contributed by atoms with E-state index in [0.717, 1.165) is 19.3 Å². The number of hydrogen-bond donors (Lipinski definition) is 0. The zero-order valence-electron chi connectivity index (χ0n) is 14.4. The van der Waals surface area contributed by atoms with Gasteiger partial charge in [-0.15, -0.1) is 0 Å². The molecular formula is C22H30O. The van der Waals surface area contributed by atoms with E-state index < -0.39 is 0 Å². The van der Waals surface area contributed by atoms with E-state index in [-0.39, 0.29) is 0 Å². The van der Waals surface area contributed by atoms with Crippen molar-refractivity contribution in [1.82, 2.24) is 0 Å². The van der Waals surface area contributed by atoms with E-state index in [1.165, 1.54) is 80.4 Å². The Hall–Kier alpha value is -1.50. The molecule has 0 saturated heterocycles. The van der Waals surface area contributed by atoms with Crippen molar-refractivity contribution in [3.8, 4) is 0 Å². The standard InChI is InChI=1S/C22H30O/c1-2-4-6-11-15-22-20(14-10-5-3-1)18-21(23-22)17-16-19-12-8-7-9-13-19/h7-9,12-13,18H,1-6,10-11,14-17H2. The molecule has 0 bridgehead atoms. The first-order valence-corrected chi connectivity index (χ1v) is 9.56. The summed E-state index contributed by atoms with van der Waals surface area (Å²) >= 11 is 0. The van der Waals surface area contributed by atoms with Crippen LogP contribution in [0.2, 0.25) is 0 Å². The molecule has 1 heterocycles. The van der Waals surface area contributed by atoms with E-state index in [9.17, 15) is 0 Å². The smallest absolute Gasteiger partial charge is 0.107 e. The second-order valence-corrected chi connectivity index (χ2v) is 6.98. The Morgan fingerprint density at radius 3 is 2.09 bits per heavy atom. The van der Waals surface area contributed by atoms with E-state index in [2.05, 4.69) is 36.4 Å². The first-order valence-electron chi connectivity index (χ1n) is 9.56. The van der Waals surface area contributed by atoms with Crippen LogP contribution in [-0.2, 0) is 25.7 Å². The van der Waals surface area contributed by atoms with E-state index >= 15 is 0 Å². The summed E-state index contributed by atoms with van der Waals surface area (Å²) in [5, 5.41) is 0. The van der Waals surface area contributed by atoms with Gasteiger partial charge in [0.1, 0.15) is 11.5 Å². The molecule has 0 unspecified atom stereocenters. The molecule has 1 aliphatic carbocycles.